The van der Waals surface area contributed by atoms with Crippen LogP contribution in [0.5, 0.6) is 11.8 Å². The average molecular weight is 573 g/mol. The van der Waals surface area contributed by atoms with E-state index in [1.165, 1.54) is 31.1 Å². The highest BCUT2D eigenvalue weighted by Crippen LogP contribution is 2.64. The average Bonchev–Trinajstić information content (AvgIpc) is 3.55. The number of methoxy groups -OCH3 is 1. The minimum atomic E-state index is -0.592. The van der Waals surface area contributed by atoms with E-state index < -0.39 is 5.79 Å². The number of benzene rings is 2. The number of aromatic nitrogens is 2. The Kier molecular flexibility index (Phi) is 7.48. The summed E-state index contributed by atoms with van der Waals surface area (Å²) in [4.78, 5) is 21.4. The number of nitrogens with zero attached hydrogens (tertiary/aromatic N) is 2. The minimum absolute atomic E-state index is 0.134. The summed E-state index contributed by atoms with van der Waals surface area (Å²) in [5, 5.41) is 0. The van der Waals surface area contributed by atoms with Gasteiger partial charge in [0.25, 0.3) is 0 Å². The summed E-state index contributed by atoms with van der Waals surface area (Å²) in [6.45, 7) is 11.2. The van der Waals surface area contributed by atoms with Crippen molar-refractivity contribution in [1.82, 2.24) is 9.97 Å². The molecule has 1 spiro atoms. The van der Waals surface area contributed by atoms with Gasteiger partial charge >= 0.3 is 12.0 Å². The van der Waals surface area contributed by atoms with Crippen LogP contribution in [0.15, 0.2) is 36.4 Å². The largest absolute Gasteiger partial charge is 0.489 e. The molecule has 2 heterocycles. The molecule has 1 aliphatic heterocycles. The standard InChI is InChI=1S/C34H40N2O6/c1-20-23(17-39-25-10-11-28-24(14-25)16-34(12-13-34)29(28)15-30(37)38-6)8-7-9-27(20)31-21(2)35-32(36-22(31)3)40-18-26-19-41-33(4,5)42-26/h7-11,14,26,29H,12-13,15-19H2,1-6H3/t26-,29?/m0/s1. The Hall–Kier alpha value is -3.49. The Morgan fingerprint density at radius 3 is 2.48 bits per heavy atom. The molecule has 6 rings (SSSR count). The molecule has 222 valence electrons. The third-order valence-electron chi connectivity index (χ3n) is 9.09. The molecule has 42 heavy (non-hydrogen) atoms. The first-order valence-electron chi connectivity index (χ1n) is 14.8. The fourth-order valence-electron chi connectivity index (χ4n) is 6.68. The first-order valence-corrected chi connectivity index (χ1v) is 14.8. The predicted molar refractivity (Wildman–Crippen MR) is 158 cm³/mol. The number of fused-ring (bicyclic) bond motifs is 1. The zero-order valence-electron chi connectivity index (χ0n) is 25.4. The number of carbonyl (C=O) groups excluding carboxylic acids is 1. The zero-order valence-corrected chi connectivity index (χ0v) is 25.4. The van der Waals surface area contributed by atoms with Crippen LogP contribution in [0.2, 0.25) is 0 Å². The van der Waals surface area contributed by atoms with Gasteiger partial charge in [0, 0.05) is 11.5 Å². The molecule has 2 fully saturated rings. The molecule has 1 saturated carbocycles. The van der Waals surface area contributed by atoms with Crippen LogP contribution in [0.3, 0.4) is 0 Å². The molecule has 3 aliphatic rings. The molecule has 2 aliphatic carbocycles. The third kappa shape index (κ3) is 5.62. The fraction of sp³-hybridized carbons (Fsp3) is 0.500. The summed E-state index contributed by atoms with van der Waals surface area (Å²) in [5.74, 6) is 0.373. The molecule has 2 atom stereocenters. The monoisotopic (exact) mass is 572 g/mol. The van der Waals surface area contributed by atoms with Crippen molar-refractivity contribution in [1.29, 1.82) is 0 Å². The van der Waals surface area contributed by atoms with E-state index >= 15 is 0 Å². The number of hydrogen-bond acceptors (Lipinski definition) is 8. The van der Waals surface area contributed by atoms with Gasteiger partial charge < -0.3 is 23.7 Å². The Balaban J connectivity index is 1.15. The highest BCUT2D eigenvalue weighted by atomic mass is 16.7. The van der Waals surface area contributed by atoms with Gasteiger partial charge in [-0.15, -0.1) is 0 Å². The zero-order chi connectivity index (χ0) is 29.6. The molecular formula is C34H40N2O6. The smallest absolute Gasteiger partial charge is 0.316 e. The SMILES string of the molecule is COC(=O)CC1c2ccc(OCc3cccc(-c4c(C)nc(OC[C@H]5COC(C)(C)O5)nc4C)c3C)cc2CC12CC2. The van der Waals surface area contributed by atoms with E-state index in [2.05, 4.69) is 47.2 Å². The van der Waals surface area contributed by atoms with Crippen LogP contribution in [-0.2, 0) is 32.0 Å². The van der Waals surface area contributed by atoms with Crippen LogP contribution in [0.4, 0.5) is 0 Å². The number of rotatable bonds is 9. The Morgan fingerprint density at radius 1 is 1.05 bits per heavy atom. The molecule has 2 aromatic carbocycles. The second kappa shape index (κ2) is 11.0. The van der Waals surface area contributed by atoms with E-state index in [4.69, 9.17) is 23.7 Å². The van der Waals surface area contributed by atoms with E-state index in [9.17, 15) is 4.79 Å². The second-order valence-corrected chi connectivity index (χ2v) is 12.4. The summed E-state index contributed by atoms with van der Waals surface area (Å²) in [7, 11) is 1.47. The second-order valence-electron chi connectivity index (χ2n) is 12.4. The van der Waals surface area contributed by atoms with Crippen molar-refractivity contribution in [2.75, 3.05) is 20.3 Å². The number of aryl methyl sites for hydroxylation is 2. The Bertz CT molecular complexity index is 1490. The van der Waals surface area contributed by atoms with Crippen LogP contribution in [0.25, 0.3) is 11.1 Å². The molecule has 0 bridgehead atoms. The molecule has 1 saturated heterocycles. The van der Waals surface area contributed by atoms with Gasteiger partial charge in [-0.05, 0) is 99.2 Å². The third-order valence-corrected chi connectivity index (χ3v) is 9.09. The van der Waals surface area contributed by atoms with Gasteiger partial charge in [-0.25, -0.2) is 0 Å². The highest BCUT2D eigenvalue weighted by Gasteiger charge is 2.54. The van der Waals surface area contributed by atoms with Crippen molar-refractivity contribution in [3.05, 3.63) is 70.0 Å². The topological polar surface area (TPSA) is 89.0 Å². The lowest BCUT2D eigenvalue weighted by Crippen LogP contribution is -2.25. The molecule has 0 N–H and O–H groups in total. The van der Waals surface area contributed by atoms with Crippen LogP contribution >= 0.6 is 0 Å². The molecule has 3 aromatic rings. The van der Waals surface area contributed by atoms with Crippen molar-refractivity contribution in [2.45, 2.75) is 84.7 Å². The van der Waals surface area contributed by atoms with E-state index in [0.717, 1.165) is 45.8 Å². The maximum absolute atomic E-state index is 12.1. The van der Waals surface area contributed by atoms with Crippen LogP contribution in [-0.4, -0.2) is 48.2 Å². The van der Waals surface area contributed by atoms with Gasteiger partial charge in [-0.2, -0.15) is 9.97 Å². The van der Waals surface area contributed by atoms with Gasteiger partial charge in [0.1, 0.15) is 25.1 Å². The lowest BCUT2D eigenvalue weighted by atomic mass is 9.87. The van der Waals surface area contributed by atoms with Crippen molar-refractivity contribution in [3.8, 4) is 22.9 Å². The lowest BCUT2D eigenvalue weighted by Gasteiger charge is -2.18. The lowest BCUT2D eigenvalue weighted by molar-refractivity contribution is -0.142. The molecule has 0 amide bonds. The molecular weight excluding hydrogens is 532 g/mol. The van der Waals surface area contributed by atoms with Crippen molar-refractivity contribution in [2.24, 2.45) is 5.41 Å². The molecule has 8 heteroatoms. The van der Waals surface area contributed by atoms with Gasteiger partial charge in [0.2, 0.25) is 0 Å². The Morgan fingerprint density at radius 2 is 1.81 bits per heavy atom. The highest BCUT2D eigenvalue weighted by molar-refractivity contribution is 5.73. The summed E-state index contributed by atoms with van der Waals surface area (Å²) in [5.41, 5.74) is 8.85. The maximum atomic E-state index is 12.1. The first kappa shape index (κ1) is 28.6. The summed E-state index contributed by atoms with van der Waals surface area (Å²) in [6, 6.07) is 13.0. The normalized spacial score (nSPS) is 21.3. The van der Waals surface area contributed by atoms with Crippen molar-refractivity contribution >= 4 is 5.97 Å². The maximum Gasteiger partial charge on any atom is 0.316 e. The van der Waals surface area contributed by atoms with Gasteiger partial charge in [-0.3, -0.25) is 4.79 Å². The quantitative estimate of drug-likeness (QED) is 0.282. The van der Waals surface area contributed by atoms with E-state index in [1.807, 2.05) is 33.8 Å². The number of esters is 1. The van der Waals surface area contributed by atoms with Gasteiger partial charge in [0.15, 0.2) is 5.79 Å². The van der Waals surface area contributed by atoms with E-state index in [0.29, 0.717) is 32.3 Å². The van der Waals surface area contributed by atoms with Crippen molar-refractivity contribution < 1.29 is 28.5 Å². The number of ether oxygens (including phenoxy) is 5. The number of carbonyl (C=O) groups is 1. The van der Waals surface area contributed by atoms with Crippen LogP contribution in [0, 0.1) is 26.2 Å². The Labute approximate surface area is 247 Å². The van der Waals surface area contributed by atoms with Crippen LogP contribution in [0.1, 0.15) is 72.7 Å². The minimum Gasteiger partial charge on any atom is -0.489 e. The van der Waals surface area contributed by atoms with E-state index in [1.54, 1.807) is 0 Å². The molecule has 0 radical (unpaired) electrons. The van der Waals surface area contributed by atoms with Gasteiger partial charge in [0.05, 0.1) is 31.5 Å². The summed E-state index contributed by atoms with van der Waals surface area (Å²) >= 11 is 0. The first-order chi connectivity index (χ1) is 20.1. The molecule has 1 aromatic heterocycles. The predicted octanol–water partition coefficient (Wildman–Crippen LogP) is 6.16. The number of hydrogen-bond donors (Lipinski definition) is 0. The van der Waals surface area contributed by atoms with Crippen LogP contribution < -0.4 is 9.47 Å². The van der Waals surface area contributed by atoms with E-state index in [-0.39, 0.29) is 23.4 Å². The summed E-state index contributed by atoms with van der Waals surface area (Å²) < 4.78 is 28.6. The van der Waals surface area contributed by atoms with Gasteiger partial charge in [-0.1, -0.05) is 24.3 Å². The fourth-order valence-corrected chi connectivity index (χ4v) is 6.68. The summed E-state index contributed by atoms with van der Waals surface area (Å²) in [6.07, 6.45) is 3.65. The van der Waals surface area contributed by atoms with Crippen molar-refractivity contribution in [3.63, 3.8) is 0 Å². The molecule has 1 unspecified atom stereocenters. The molecule has 8 nitrogen and oxygen atoms in total.